The summed E-state index contributed by atoms with van der Waals surface area (Å²) in [5, 5.41) is 13.5. The lowest BCUT2D eigenvalue weighted by molar-refractivity contribution is -0.192. The predicted molar refractivity (Wildman–Crippen MR) is 120 cm³/mol. The molecular formula is C21H22Cl2F3N3O4. The molecule has 12 heteroatoms. The van der Waals surface area contributed by atoms with Gasteiger partial charge in [-0.2, -0.15) is 13.2 Å². The Kier molecular flexibility index (Phi) is 10.1. The van der Waals surface area contributed by atoms with E-state index in [-0.39, 0.29) is 6.03 Å². The molecule has 0 spiro atoms. The smallest absolute Gasteiger partial charge is 0.490 e. The molecule has 1 aliphatic rings. The Balaban J connectivity index is 0.000000479. The molecule has 1 heterocycles. The number of hydrogen-bond donors (Lipinski definition) is 3. The number of carboxylic acid groups (broad SMARTS) is 1. The molecule has 2 aromatic carbocycles. The zero-order valence-electron chi connectivity index (χ0n) is 17.3. The maximum absolute atomic E-state index is 12.1. The van der Waals surface area contributed by atoms with E-state index in [0.29, 0.717) is 28.0 Å². The Morgan fingerprint density at radius 1 is 1.00 bits per heavy atom. The van der Waals surface area contributed by atoms with E-state index in [2.05, 4.69) is 15.5 Å². The van der Waals surface area contributed by atoms with Gasteiger partial charge in [-0.15, -0.1) is 0 Å². The van der Waals surface area contributed by atoms with Crippen LogP contribution in [0.3, 0.4) is 0 Å². The van der Waals surface area contributed by atoms with Gasteiger partial charge >= 0.3 is 18.2 Å². The third-order valence-electron chi connectivity index (χ3n) is 4.39. The van der Waals surface area contributed by atoms with Gasteiger partial charge in [-0.1, -0.05) is 29.3 Å². The van der Waals surface area contributed by atoms with Gasteiger partial charge in [-0.3, -0.25) is 4.90 Å². The van der Waals surface area contributed by atoms with Crippen molar-refractivity contribution in [2.24, 2.45) is 0 Å². The fourth-order valence-corrected chi connectivity index (χ4v) is 3.13. The van der Waals surface area contributed by atoms with Crippen molar-refractivity contribution < 1.29 is 32.6 Å². The molecule has 2 amide bonds. The zero-order chi connectivity index (χ0) is 24.4. The number of likely N-dealkylation sites (tertiary alicyclic amines) is 1. The molecule has 1 fully saturated rings. The molecule has 0 radical (unpaired) electrons. The monoisotopic (exact) mass is 507 g/mol. The quantitative estimate of drug-likeness (QED) is 0.463. The van der Waals surface area contributed by atoms with Crippen LogP contribution in [0.4, 0.5) is 29.3 Å². The highest BCUT2D eigenvalue weighted by atomic mass is 35.5. The highest BCUT2D eigenvalue weighted by Crippen LogP contribution is 2.25. The summed E-state index contributed by atoms with van der Waals surface area (Å²) in [6, 6.07) is 11.9. The molecule has 0 unspecified atom stereocenters. The van der Waals surface area contributed by atoms with E-state index in [4.69, 9.17) is 37.8 Å². The fraction of sp³-hybridized carbons (Fsp3) is 0.333. The predicted octanol–water partition coefficient (Wildman–Crippen LogP) is 5.75. The Bertz CT molecular complexity index is 955. The number of aliphatic carboxylic acids is 1. The standard InChI is InChI=1S/C19H21Cl2N3O2.C2HF3O2/c20-17-7-6-15(13-18(17)21)23-19(25)22-14-4-3-5-16(12-14)26-11-10-24-8-1-2-9-24;3-2(4,5)1(6)7/h3-7,12-13H,1-2,8-11H2,(H2,22,23,25);(H,6,7). The Labute approximate surface area is 198 Å². The van der Waals surface area contributed by atoms with Crippen LogP contribution in [0.15, 0.2) is 42.5 Å². The molecule has 3 rings (SSSR count). The average molecular weight is 508 g/mol. The highest BCUT2D eigenvalue weighted by molar-refractivity contribution is 6.42. The lowest BCUT2D eigenvalue weighted by atomic mass is 10.3. The number of carbonyl (C=O) groups is 2. The zero-order valence-corrected chi connectivity index (χ0v) is 18.8. The molecule has 1 saturated heterocycles. The van der Waals surface area contributed by atoms with Crippen LogP contribution < -0.4 is 15.4 Å². The number of ether oxygens (including phenoxy) is 1. The van der Waals surface area contributed by atoms with Crippen LogP contribution in [0, 0.1) is 0 Å². The number of carboxylic acids is 1. The second-order valence-corrected chi connectivity index (χ2v) is 7.75. The van der Waals surface area contributed by atoms with Crippen molar-refractivity contribution in [1.29, 1.82) is 0 Å². The number of nitrogens with zero attached hydrogens (tertiary/aromatic N) is 1. The lowest BCUT2D eigenvalue weighted by Crippen LogP contribution is -2.25. The van der Waals surface area contributed by atoms with Gasteiger partial charge in [0.15, 0.2) is 0 Å². The SMILES string of the molecule is O=C(Nc1cccc(OCCN2CCCC2)c1)Nc1ccc(Cl)c(Cl)c1.O=C(O)C(F)(F)F. The van der Waals surface area contributed by atoms with Crippen molar-refractivity contribution in [3.63, 3.8) is 0 Å². The van der Waals surface area contributed by atoms with Crippen LogP contribution in [-0.4, -0.2) is 54.4 Å². The highest BCUT2D eigenvalue weighted by Gasteiger charge is 2.38. The number of carbonyl (C=O) groups excluding carboxylic acids is 1. The average Bonchev–Trinajstić information content (AvgIpc) is 3.24. The number of anilines is 2. The number of rotatable bonds is 6. The summed E-state index contributed by atoms with van der Waals surface area (Å²) in [5.41, 5.74) is 1.22. The topological polar surface area (TPSA) is 90.9 Å². The second kappa shape index (κ2) is 12.5. The normalized spacial score (nSPS) is 13.6. The summed E-state index contributed by atoms with van der Waals surface area (Å²) in [6.07, 6.45) is -2.54. The molecule has 0 aliphatic carbocycles. The first-order chi connectivity index (χ1) is 15.5. The Morgan fingerprint density at radius 3 is 2.18 bits per heavy atom. The molecular weight excluding hydrogens is 486 g/mol. The summed E-state index contributed by atoms with van der Waals surface area (Å²) >= 11 is 11.8. The number of benzene rings is 2. The summed E-state index contributed by atoms with van der Waals surface area (Å²) < 4.78 is 37.5. The maximum atomic E-state index is 12.1. The van der Waals surface area contributed by atoms with Gasteiger partial charge < -0.3 is 20.5 Å². The molecule has 0 aromatic heterocycles. The van der Waals surface area contributed by atoms with E-state index in [1.807, 2.05) is 18.2 Å². The summed E-state index contributed by atoms with van der Waals surface area (Å²) in [4.78, 5) is 23.4. The van der Waals surface area contributed by atoms with E-state index < -0.39 is 12.1 Å². The van der Waals surface area contributed by atoms with Crippen LogP contribution in [0.1, 0.15) is 12.8 Å². The van der Waals surface area contributed by atoms with Crippen LogP contribution in [-0.2, 0) is 4.79 Å². The first kappa shape index (κ1) is 26.6. The number of halogens is 5. The number of nitrogens with one attached hydrogen (secondary N) is 2. The van der Waals surface area contributed by atoms with Gasteiger partial charge in [-0.25, -0.2) is 9.59 Å². The van der Waals surface area contributed by atoms with Gasteiger partial charge in [0.05, 0.1) is 10.0 Å². The lowest BCUT2D eigenvalue weighted by Gasteiger charge is -2.15. The van der Waals surface area contributed by atoms with Crippen LogP contribution in [0.5, 0.6) is 5.75 Å². The summed E-state index contributed by atoms with van der Waals surface area (Å²) in [7, 11) is 0. The molecule has 1 aliphatic heterocycles. The molecule has 180 valence electrons. The van der Waals surface area contributed by atoms with Gasteiger partial charge in [-0.05, 0) is 56.3 Å². The largest absolute Gasteiger partial charge is 0.492 e. The number of hydrogen-bond acceptors (Lipinski definition) is 4. The van der Waals surface area contributed by atoms with Crippen molar-refractivity contribution in [1.82, 2.24) is 4.90 Å². The molecule has 7 nitrogen and oxygen atoms in total. The maximum Gasteiger partial charge on any atom is 0.490 e. The van der Waals surface area contributed by atoms with E-state index in [1.54, 1.807) is 24.3 Å². The summed E-state index contributed by atoms with van der Waals surface area (Å²) in [5.74, 6) is -2.02. The van der Waals surface area contributed by atoms with Gasteiger partial charge in [0, 0.05) is 24.0 Å². The number of amides is 2. The molecule has 2 aromatic rings. The van der Waals surface area contributed by atoms with Crippen molar-refractivity contribution in [3.05, 3.63) is 52.5 Å². The first-order valence-corrected chi connectivity index (χ1v) is 10.6. The van der Waals surface area contributed by atoms with Gasteiger partial charge in [0.25, 0.3) is 0 Å². The van der Waals surface area contributed by atoms with Crippen molar-refractivity contribution in [2.75, 3.05) is 36.9 Å². The minimum absolute atomic E-state index is 0.363. The molecule has 3 N–H and O–H groups in total. The van der Waals surface area contributed by atoms with E-state index in [1.165, 1.54) is 12.8 Å². The Morgan fingerprint density at radius 2 is 1.61 bits per heavy atom. The number of alkyl halides is 3. The van der Waals surface area contributed by atoms with E-state index in [0.717, 1.165) is 25.4 Å². The molecule has 0 saturated carbocycles. The first-order valence-electron chi connectivity index (χ1n) is 9.83. The molecule has 0 atom stereocenters. The summed E-state index contributed by atoms with van der Waals surface area (Å²) in [6.45, 7) is 3.87. The van der Waals surface area contributed by atoms with Crippen molar-refractivity contribution in [2.45, 2.75) is 19.0 Å². The fourth-order valence-electron chi connectivity index (χ4n) is 2.83. The van der Waals surface area contributed by atoms with Gasteiger partial charge in [0.1, 0.15) is 12.4 Å². The third kappa shape index (κ3) is 9.77. The number of urea groups is 1. The molecule has 33 heavy (non-hydrogen) atoms. The van der Waals surface area contributed by atoms with E-state index in [9.17, 15) is 18.0 Å². The Hall–Kier alpha value is -2.69. The minimum atomic E-state index is -5.08. The minimum Gasteiger partial charge on any atom is -0.492 e. The second-order valence-electron chi connectivity index (χ2n) is 6.94. The van der Waals surface area contributed by atoms with Gasteiger partial charge in [0.2, 0.25) is 0 Å². The van der Waals surface area contributed by atoms with E-state index >= 15 is 0 Å². The van der Waals surface area contributed by atoms with Crippen LogP contribution in [0.25, 0.3) is 0 Å². The van der Waals surface area contributed by atoms with Crippen LogP contribution in [0.2, 0.25) is 10.0 Å². The van der Waals surface area contributed by atoms with Crippen LogP contribution >= 0.6 is 23.2 Å². The third-order valence-corrected chi connectivity index (χ3v) is 5.13. The van der Waals surface area contributed by atoms with Crippen molar-refractivity contribution in [3.8, 4) is 5.75 Å². The van der Waals surface area contributed by atoms with Crippen molar-refractivity contribution >= 4 is 46.6 Å². The molecule has 0 bridgehead atoms.